The van der Waals surface area contributed by atoms with Gasteiger partial charge in [0.1, 0.15) is 0 Å². The first-order chi connectivity index (χ1) is 4.34. The summed E-state index contributed by atoms with van der Waals surface area (Å²) >= 11 is 1.61. The van der Waals surface area contributed by atoms with Crippen LogP contribution in [0.3, 0.4) is 0 Å². The Morgan fingerprint density at radius 3 is 3.00 bits per heavy atom. The van der Waals surface area contributed by atoms with Crippen LogP contribution in [0, 0.1) is 0 Å². The maximum Gasteiger partial charge on any atom is 0.0879 e. The summed E-state index contributed by atoms with van der Waals surface area (Å²) in [5.74, 6) is 0. The SMILES string of the molecule is CC[C@H](O)c1cccs1. The average Bonchev–Trinajstić information content (AvgIpc) is 2.37. The topological polar surface area (TPSA) is 20.2 Å². The molecule has 0 spiro atoms. The van der Waals surface area contributed by atoms with E-state index >= 15 is 0 Å². The summed E-state index contributed by atoms with van der Waals surface area (Å²) in [6.45, 7) is 1.98. The minimum atomic E-state index is -0.245. The summed E-state index contributed by atoms with van der Waals surface area (Å²) in [4.78, 5) is 1.07. The van der Waals surface area contributed by atoms with Crippen molar-refractivity contribution in [3.63, 3.8) is 0 Å². The first kappa shape index (κ1) is 6.78. The van der Waals surface area contributed by atoms with Gasteiger partial charge in [-0.2, -0.15) is 0 Å². The minimum absolute atomic E-state index is 0.245. The zero-order chi connectivity index (χ0) is 6.69. The van der Waals surface area contributed by atoms with Crippen molar-refractivity contribution in [2.45, 2.75) is 19.4 Å². The third-order valence-corrected chi connectivity index (χ3v) is 2.23. The van der Waals surface area contributed by atoms with Crippen LogP contribution in [0.4, 0.5) is 0 Å². The number of rotatable bonds is 2. The largest absolute Gasteiger partial charge is 0.388 e. The second-order valence-corrected chi connectivity index (χ2v) is 2.92. The number of aliphatic hydroxyl groups excluding tert-OH is 1. The van der Waals surface area contributed by atoms with Crippen LogP contribution in [0.15, 0.2) is 17.5 Å². The molecule has 0 saturated heterocycles. The van der Waals surface area contributed by atoms with E-state index in [2.05, 4.69) is 0 Å². The monoisotopic (exact) mass is 142 g/mol. The molecule has 0 amide bonds. The summed E-state index contributed by atoms with van der Waals surface area (Å²) in [6, 6.07) is 3.91. The van der Waals surface area contributed by atoms with Crippen molar-refractivity contribution in [2.75, 3.05) is 0 Å². The first-order valence-electron chi connectivity index (χ1n) is 3.06. The molecule has 1 aromatic heterocycles. The van der Waals surface area contributed by atoms with Gasteiger partial charge in [0.25, 0.3) is 0 Å². The second-order valence-electron chi connectivity index (χ2n) is 1.94. The molecule has 1 atom stereocenters. The van der Waals surface area contributed by atoms with E-state index in [1.807, 2.05) is 24.4 Å². The predicted octanol–water partition coefficient (Wildman–Crippen LogP) is 2.19. The van der Waals surface area contributed by atoms with Gasteiger partial charge in [0.15, 0.2) is 0 Å². The first-order valence-corrected chi connectivity index (χ1v) is 3.94. The van der Waals surface area contributed by atoms with Gasteiger partial charge in [-0.15, -0.1) is 11.3 Å². The Morgan fingerprint density at radius 1 is 1.78 bits per heavy atom. The van der Waals surface area contributed by atoms with Crippen LogP contribution in [0.1, 0.15) is 24.3 Å². The van der Waals surface area contributed by atoms with Gasteiger partial charge in [0.2, 0.25) is 0 Å². The molecule has 1 N–H and O–H groups in total. The standard InChI is InChI=1S/C7H10OS/c1-2-6(8)7-4-3-5-9-7/h3-6,8H,2H2,1H3/t6-/m0/s1. The van der Waals surface area contributed by atoms with Crippen molar-refractivity contribution in [1.29, 1.82) is 0 Å². The van der Waals surface area contributed by atoms with E-state index in [9.17, 15) is 5.11 Å². The van der Waals surface area contributed by atoms with Crippen molar-refractivity contribution in [3.8, 4) is 0 Å². The lowest BCUT2D eigenvalue weighted by molar-refractivity contribution is 0.177. The number of aliphatic hydroxyl groups is 1. The fourth-order valence-electron chi connectivity index (χ4n) is 0.682. The molecule has 2 heteroatoms. The molecule has 50 valence electrons. The van der Waals surface area contributed by atoms with Crippen molar-refractivity contribution in [2.24, 2.45) is 0 Å². The van der Waals surface area contributed by atoms with Gasteiger partial charge >= 0.3 is 0 Å². The zero-order valence-corrected chi connectivity index (χ0v) is 6.19. The summed E-state index contributed by atoms with van der Waals surface area (Å²) in [6.07, 6.45) is 0.561. The Hall–Kier alpha value is -0.340. The second kappa shape index (κ2) is 2.99. The summed E-state index contributed by atoms with van der Waals surface area (Å²) in [5, 5.41) is 11.2. The Morgan fingerprint density at radius 2 is 2.56 bits per heavy atom. The molecule has 0 aliphatic carbocycles. The highest BCUT2D eigenvalue weighted by Crippen LogP contribution is 2.20. The zero-order valence-electron chi connectivity index (χ0n) is 5.37. The molecular weight excluding hydrogens is 132 g/mol. The number of hydrogen-bond donors (Lipinski definition) is 1. The third kappa shape index (κ3) is 1.53. The normalized spacial score (nSPS) is 13.6. The maximum absolute atomic E-state index is 9.23. The fraction of sp³-hybridized carbons (Fsp3) is 0.429. The molecule has 0 aromatic carbocycles. The van der Waals surface area contributed by atoms with Crippen LogP contribution in [-0.4, -0.2) is 5.11 Å². The molecule has 1 aromatic rings. The quantitative estimate of drug-likeness (QED) is 0.671. The molecule has 0 bridgehead atoms. The smallest absolute Gasteiger partial charge is 0.0879 e. The summed E-state index contributed by atoms with van der Waals surface area (Å²) in [7, 11) is 0. The molecule has 0 unspecified atom stereocenters. The minimum Gasteiger partial charge on any atom is -0.388 e. The van der Waals surface area contributed by atoms with Crippen LogP contribution in [0.25, 0.3) is 0 Å². The molecule has 0 radical (unpaired) electrons. The van der Waals surface area contributed by atoms with Gasteiger partial charge in [-0.25, -0.2) is 0 Å². The number of hydrogen-bond acceptors (Lipinski definition) is 2. The summed E-state index contributed by atoms with van der Waals surface area (Å²) in [5.41, 5.74) is 0. The van der Waals surface area contributed by atoms with E-state index in [0.717, 1.165) is 11.3 Å². The molecule has 1 heterocycles. The average molecular weight is 142 g/mol. The van der Waals surface area contributed by atoms with Crippen LogP contribution >= 0.6 is 11.3 Å². The Balaban J connectivity index is 2.65. The van der Waals surface area contributed by atoms with Crippen molar-refractivity contribution < 1.29 is 5.11 Å². The Labute approximate surface area is 59.0 Å². The Kier molecular flexibility index (Phi) is 2.25. The van der Waals surface area contributed by atoms with E-state index in [0.29, 0.717) is 0 Å². The van der Waals surface area contributed by atoms with Gasteiger partial charge in [-0.3, -0.25) is 0 Å². The summed E-state index contributed by atoms with van der Waals surface area (Å²) < 4.78 is 0. The van der Waals surface area contributed by atoms with E-state index in [4.69, 9.17) is 0 Å². The van der Waals surface area contributed by atoms with Crippen LogP contribution in [0.2, 0.25) is 0 Å². The van der Waals surface area contributed by atoms with Crippen LogP contribution < -0.4 is 0 Å². The predicted molar refractivity (Wildman–Crippen MR) is 39.6 cm³/mol. The molecule has 0 aliphatic heterocycles. The maximum atomic E-state index is 9.23. The van der Waals surface area contributed by atoms with E-state index in [1.165, 1.54) is 0 Å². The van der Waals surface area contributed by atoms with Gasteiger partial charge in [0.05, 0.1) is 6.10 Å². The lowest BCUT2D eigenvalue weighted by Crippen LogP contribution is -1.89. The third-order valence-electron chi connectivity index (χ3n) is 1.26. The fourth-order valence-corrected chi connectivity index (χ4v) is 1.48. The molecule has 0 saturated carbocycles. The molecule has 9 heavy (non-hydrogen) atoms. The lowest BCUT2D eigenvalue weighted by Gasteiger charge is -2.01. The molecular formula is C7H10OS. The van der Waals surface area contributed by atoms with Crippen molar-refractivity contribution in [3.05, 3.63) is 22.4 Å². The Bertz CT molecular complexity index is 157. The van der Waals surface area contributed by atoms with Gasteiger partial charge in [0, 0.05) is 4.88 Å². The van der Waals surface area contributed by atoms with E-state index in [1.54, 1.807) is 11.3 Å². The highest BCUT2D eigenvalue weighted by atomic mass is 32.1. The van der Waals surface area contributed by atoms with Crippen LogP contribution in [-0.2, 0) is 0 Å². The van der Waals surface area contributed by atoms with Gasteiger partial charge in [-0.1, -0.05) is 13.0 Å². The van der Waals surface area contributed by atoms with Crippen LogP contribution in [0.5, 0.6) is 0 Å². The van der Waals surface area contributed by atoms with Gasteiger partial charge < -0.3 is 5.11 Å². The van der Waals surface area contributed by atoms with Gasteiger partial charge in [-0.05, 0) is 17.9 Å². The van der Waals surface area contributed by atoms with E-state index in [-0.39, 0.29) is 6.10 Å². The molecule has 0 fully saturated rings. The lowest BCUT2D eigenvalue weighted by atomic mass is 10.2. The van der Waals surface area contributed by atoms with E-state index < -0.39 is 0 Å². The molecule has 0 aliphatic rings. The van der Waals surface area contributed by atoms with Crippen molar-refractivity contribution >= 4 is 11.3 Å². The molecule has 1 rings (SSSR count). The van der Waals surface area contributed by atoms with Crippen molar-refractivity contribution in [1.82, 2.24) is 0 Å². The number of thiophene rings is 1. The highest BCUT2D eigenvalue weighted by Gasteiger charge is 2.02. The molecule has 1 nitrogen and oxygen atoms in total. The highest BCUT2D eigenvalue weighted by molar-refractivity contribution is 7.10.